The molecule has 6 aliphatic carbocycles. The van der Waals surface area contributed by atoms with E-state index in [0.717, 1.165) is 48.7 Å². The first-order valence-corrected chi connectivity index (χ1v) is 7.53. The summed E-state index contributed by atoms with van der Waals surface area (Å²) < 4.78 is 12.8. The Morgan fingerprint density at radius 3 is 2.56 bits per heavy atom. The molecule has 7 rings (SSSR count). The summed E-state index contributed by atoms with van der Waals surface area (Å²) in [5.41, 5.74) is 0. The first-order valence-electron chi connectivity index (χ1n) is 6.74. The number of hydrogen-bond acceptors (Lipinski definition) is 2. The van der Waals surface area contributed by atoms with E-state index in [1.165, 1.54) is 12.8 Å². The molecule has 0 unspecified atom stereocenters. The highest BCUT2D eigenvalue weighted by molar-refractivity contribution is 9.10. The third-order valence-corrected chi connectivity index (χ3v) is 8.38. The van der Waals surface area contributed by atoms with Gasteiger partial charge in [-0.25, -0.2) is 0 Å². The highest BCUT2D eigenvalue weighted by atomic mass is 79.9. The summed E-state index contributed by atoms with van der Waals surface area (Å²) in [5.74, 6) is 6.11. The Kier molecular flexibility index (Phi) is 1.09. The molecular weight excluding hydrogens is 268 g/mol. The summed E-state index contributed by atoms with van der Waals surface area (Å²) >= 11 is 4.14. The van der Waals surface area contributed by atoms with Crippen LogP contribution in [0.4, 0.5) is 0 Å². The molecule has 1 saturated heterocycles. The lowest BCUT2D eigenvalue weighted by Gasteiger charge is -2.37. The van der Waals surface area contributed by atoms with Gasteiger partial charge in [-0.05, 0) is 42.4 Å². The van der Waals surface area contributed by atoms with Gasteiger partial charge in [-0.15, -0.1) is 0 Å². The normalized spacial score (nSPS) is 74.4. The zero-order valence-electron chi connectivity index (χ0n) is 9.06. The van der Waals surface area contributed by atoms with Crippen molar-refractivity contribution in [2.24, 2.45) is 41.4 Å². The number of alkyl halides is 1. The molecule has 86 valence electrons. The Labute approximate surface area is 103 Å². The molecule has 1 heterocycles. The lowest BCUT2D eigenvalue weighted by Crippen LogP contribution is -2.41. The second-order valence-electron chi connectivity index (χ2n) is 6.88. The molecule has 16 heavy (non-hydrogen) atoms. The van der Waals surface area contributed by atoms with E-state index in [2.05, 4.69) is 15.9 Å². The van der Waals surface area contributed by atoms with Gasteiger partial charge in [0.1, 0.15) is 0 Å². The largest absolute Gasteiger partial charge is 0.347 e. The minimum absolute atomic E-state index is 0.135. The van der Waals surface area contributed by atoms with Crippen molar-refractivity contribution in [1.29, 1.82) is 0 Å². The molecule has 0 radical (unpaired) electrons. The van der Waals surface area contributed by atoms with E-state index in [-0.39, 0.29) is 5.79 Å². The van der Waals surface area contributed by atoms with E-state index < -0.39 is 0 Å². The van der Waals surface area contributed by atoms with E-state index in [9.17, 15) is 0 Å². The molecule has 6 bridgehead atoms. The van der Waals surface area contributed by atoms with E-state index in [1.807, 2.05) is 0 Å². The van der Waals surface area contributed by atoms with Crippen LogP contribution in [0.15, 0.2) is 0 Å². The Bertz CT molecular complexity index is 418. The Morgan fingerprint density at radius 2 is 1.81 bits per heavy atom. The third kappa shape index (κ3) is 0.522. The Morgan fingerprint density at radius 1 is 1.00 bits per heavy atom. The number of hydrogen-bond donors (Lipinski definition) is 0. The minimum Gasteiger partial charge on any atom is -0.347 e. The standard InChI is InChI=1S/C13H15BrO2/c14-12-4-7-5-3-6-8(7)11(12)13(10(6)9(5)12)15-1-2-16-13/h5-11H,1-4H2/t5-,6+,7+,8-,9-,10-,11-,12-/m1/s1. The van der Waals surface area contributed by atoms with Gasteiger partial charge in [0, 0.05) is 16.2 Å². The molecule has 0 aromatic heterocycles. The smallest absolute Gasteiger partial charge is 0.176 e. The predicted octanol–water partition coefficient (Wildman–Crippen LogP) is 2.02. The maximum Gasteiger partial charge on any atom is 0.176 e. The van der Waals surface area contributed by atoms with Crippen molar-refractivity contribution in [3.8, 4) is 0 Å². The van der Waals surface area contributed by atoms with E-state index in [4.69, 9.17) is 9.47 Å². The fourth-order valence-electron chi connectivity index (χ4n) is 7.34. The molecule has 2 nitrogen and oxygen atoms in total. The lowest BCUT2D eigenvalue weighted by molar-refractivity contribution is -0.194. The molecule has 8 atom stereocenters. The highest BCUT2D eigenvalue weighted by Crippen LogP contribution is 2.89. The summed E-state index contributed by atoms with van der Waals surface area (Å²) in [6.45, 7) is 1.66. The SMILES string of the molecule is Br[C@@]12C[C@H]3[C@H]4C[C@H]5[C@H]3[C@H]1C1(OCCO1)[C@H]5[C@@H]42. The Hall–Kier alpha value is 0.400. The van der Waals surface area contributed by atoms with Crippen LogP contribution < -0.4 is 0 Å². The fourth-order valence-corrected chi connectivity index (χ4v) is 8.97. The van der Waals surface area contributed by atoms with Crippen LogP contribution in [0.5, 0.6) is 0 Å². The van der Waals surface area contributed by atoms with Crippen LogP contribution in [-0.2, 0) is 9.47 Å². The van der Waals surface area contributed by atoms with Crippen molar-refractivity contribution < 1.29 is 9.47 Å². The molecule has 3 heteroatoms. The first kappa shape index (κ1) is 8.49. The molecule has 0 aromatic rings. The molecule has 7 fully saturated rings. The van der Waals surface area contributed by atoms with Gasteiger partial charge >= 0.3 is 0 Å². The van der Waals surface area contributed by atoms with Gasteiger partial charge in [-0.1, -0.05) is 15.9 Å². The zero-order chi connectivity index (χ0) is 10.3. The van der Waals surface area contributed by atoms with Gasteiger partial charge < -0.3 is 9.47 Å². The van der Waals surface area contributed by atoms with Gasteiger partial charge in [0.05, 0.1) is 13.2 Å². The van der Waals surface area contributed by atoms with Crippen LogP contribution in [0.25, 0.3) is 0 Å². The predicted molar refractivity (Wildman–Crippen MR) is 60.0 cm³/mol. The minimum atomic E-state index is -0.135. The Balaban J connectivity index is 1.68. The summed E-state index contributed by atoms with van der Waals surface area (Å²) in [6.07, 6.45) is 2.90. The summed E-state index contributed by atoms with van der Waals surface area (Å²) in [5, 5.41) is 0. The lowest BCUT2D eigenvalue weighted by atomic mass is 9.71. The van der Waals surface area contributed by atoms with E-state index in [1.54, 1.807) is 0 Å². The van der Waals surface area contributed by atoms with Gasteiger partial charge in [0.25, 0.3) is 0 Å². The quantitative estimate of drug-likeness (QED) is 0.633. The molecule has 0 amide bonds. The van der Waals surface area contributed by atoms with Crippen molar-refractivity contribution in [3.05, 3.63) is 0 Å². The monoisotopic (exact) mass is 282 g/mol. The average Bonchev–Trinajstić information content (AvgIpc) is 2.97. The third-order valence-electron chi connectivity index (χ3n) is 7.03. The summed E-state index contributed by atoms with van der Waals surface area (Å²) in [4.78, 5) is 0. The molecule has 1 aliphatic heterocycles. The van der Waals surface area contributed by atoms with Crippen LogP contribution in [0.2, 0.25) is 0 Å². The van der Waals surface area contributed by atoms with E-state index >= 15 is 0 Å². The molecule has 0 N–H and O–H groups in total. The molecule has 6 saturated carbocycles. The second kappa shape index (κ2) is 2.06. The highest BCUT2D eigenvalue weighted by Gasteiger charge is 2.91. The van der Waals surface area contributed by atoms with Crippen molar-refractivity contribution in [2.75, 3.05) is 13.2 Å². The van der Waals surface area contributed by atoms with Gasteiger partial charge in [-0.2, -0.15) is 0 Å². The van der Waals surface area contributed by atoms with Crippen LogP contribution in [0.3, 0.4) is 0 Å². The van der Waals surface area contributed by atoms with Crippen LogP contribution in [-0.4, -0.2) is 23.3 Å². The number of rotatable bonds is 0. The second-order valence-corrected chi connectivity index (χ2v) is 8.36. The van der Waals surface area contributed by atoms with Gasteiger partial charge in [0.2, 0.25) is 0 Å². The van der Waals surface area contributed by atoms with Crippen LogP contribution in [0.1, 0.15) is 12.8 Å². The number of halogens is 1. The molecule has 0 aromatic carbocycles. The summed E-state index contributed by atoms with van der Waals surface area (Å²) in [7, 11) is 0. The van der Waals surface area contributed by atoms with Crippen LogP contribution >= 0.6 is 15.9 Å². The topological polar surface area (TPSA) is 18.5 Å². The van der Waals surface area contributed by atoms with Gasteiger partial charge in [-0.3, -0.25) is 0 Å². The van der Waals surface area contributed by atoms with Gasteiger partial charge in [0.15, 0.2) is 5.79 Å². The maximum atomic E-state index is 6.18. The maximum absolute atomic E-state index is 6.18. The average molecular weight is 283 g/mol. The van der Waals surface area contributed by atoms with Crippen molar-refractivity contribution in [2.45, 2.75) is 23.0 Å². The molecular formula is C13H15BrO2. The molecule has 1 spiro atoms. The first-order chi connectivity index (χ1) is 7.77. The van der Waals surface area contributed by atoms with Crippen molar-refractivity contribution in [3.63, 3.8) is 0 Å². The number of ether oxygens (including phenoxy) is 2. The zero-order valence-corrected chi connectivity index (χ0v) is 10.7. The molecule has 7 aliphatic rings. The van der Waals surface area contributed by atoms with Crippen molar-refractivity contribution >= 4 is 15.9 Å². The van der Waals surface area contributed by atoms with Crippen molar-refractivity contribution in [1.82, 2.24) is 0 Å². The van der Waals surface area contributed by atoms with E-state index in [0.29, 0.717) is 10.2 Å². The fraction of sp³-hybridized carbons (Fsp3) is 1.00. The van der Waals surface area contributed by atoms with Crippen LogP contribution in [0, 0.1) is 41.4 Å². The summed E-state index contributed by atoms with van der Waals surface area (Å²) in [6, 6.07) is 0.